The largest absolute Gasteiger partial charge is 0.396 e. The number of nitrogens with one attached hydrogen (secondary N) is 3. The van der Waals surface area contributed by atoms with E-state index in [-0.39, 0.29) is 11.3 Å². The molecule has 2 aromatic carbocycles. The first-order valence-electron chi connectivity index (χ1n) is 7.85. The third-order valence-corrected chi connectivity index (χ3v) is 4.28. The van der Waals surface area contributed by atoms with Crippen LogP contribution in [0.15, 0.2) is 47.3 Å². The van der Waals surface area contributed by atoms with E-state index in [0.717, 1.165) is 16.5 Å². The molecule has 3 aromatic heterocycles. The Morgan fingerprint density at radius 2 is 1.88 bits per heavy atom. The number of hydrogen-bond acceptors (Lipinski definition) is 6. The molecule has 26 heavy (non-hydrogen) atoms. The molecule has 0 saturated heterocycles. The first-order valence-corrected chi connectivity index (χ1v) is 7.85. The van der Waals surface area contributed by atoms with E-state index in [1.54, 1.807) is 6.07 Å². The van der Waals surface area contributed by atoms with E-state index in [0.29, 0.717) is 28.2 Å². The molecule has 5 aromatic rings. The first kappa shape index (κ1) is 14.3. The minimum atomic E-state index is -0.305. The summed E-state index contributed by atoms with van der Waals surface area (Å²) in [5, 5.41) is 14.7. The van der Waals surface area contributed by atoms with E-state index < -0.39 is 0 Å². The average molecular weight is 344 g/mol. The molecule has 0 unspecified atom stereocenters. The quantitative estimate of drug-likeness (QED) is 0.385. The molecule has 0 saturated carbocycles. The summed E-state index contributed by atoms with van der Waals surface area (Å²) in [6, 6.07) is 12.9. The van der Waals surface area contributed by atoms with Crippen LogP contribution in [0.2, 0.25) is 0 Å². The van der Waals surface area contributed by atoms with Crippen molar-refractivity contribution >= 4 is 27.6 Å². The number of tetrazole rings is 1. The lowest BCUT2D eigenvalue weighted by Gasteiger charge is -2.02. The highest BCUT2D eigenvalue weighted by Crippen LogP contribution is 2.32. The number of fused-ring (bicyclic) bond motifs is 2. The molecule has 0 atom stereocenters. The Kier molecular flexibility index (Phi) is 2.89. The minimum Gasteiger partial charge on any atom is -0.396 e. The van der Waals surface area contributed by atoms with Gasteiger partial charge in [-0.15, -0.1) is 10.2 Å². The second kappa shape index (κ2) is 5.24. The fraction of sp³-hybridized carbons (Fsp3) is 0. The van der Waals surface area contributed by atoms with Gasteiger partial charge in [-0.2, -0.15) is 5.21 Å². The summed E-state index contributed by atoms with van der Waals surface area (Å²) in [6.45, 7) is 0. The van der Waals surface area contributed by atoms with Gasteiger partial charge >= 0.3 is 0 Å². The summed E-state index contributed by atoms with van der Waals surface area (Å²) in [7, 11) is 0. The first-order chi connectivity index (χ1) is 12.7. The van der Waals surface area contributed by atoms with Crippen LogP contribution < -0.4 is 11.3 Å². The van der Waals surface area contributed by atoms with Gasteiger partial charge in [0.2, 0.25) is 5.82 Å². The maximum Gasteiger partial charge on any atom is 0.276 e. The highest BCUT2D eigenvalue weighted by molar-refractivity contribution is 6.01. The molecule has 5 N–H and O–H groups in total. The van der Waals surface area contributed by atoms with Gasteiger partial charge in [-0.25, -0.2) is 4.98 Å². The van der Waals surface area contributed by atoms with E-state index in [9.17, 15) is 4.79 Å². The predicted molar refractivity (Wildman–Crippen MR) is 97.2 cm³/mol. The Hall–Kier alpha value is -4.01. The average Bonchev–Trinajstić information content (AvgIpc) is 3.30. The van der Waals surface area contributed by atoms with Crippen molar-refractivity contribution in [3.8, 4) is 22.8 Å². The van der Waals surface area contributed by atoms with Gasteiger partial charge in [-0.1, -0.05) is 12.1 Å². The van der Waals surface area contributed by atoms with Crippen molar-refractivity contribution < 1.29 is 0 Å². The van der Waals surface area contributed by atoms with Crippen molar-refractivity contribution in [2.24, 2.45) is 0 Å². The molecule has 0 spiro atoms. The maximum absolute atomic E-state index is 12.5. The Morgan fingerprint density at radius 3 is 2.73 bits per heavy atom. The van der Waals surface area contributed by atoms with Crippen molar-refractivity contribution in [3.63, 3.8) is 0 Å². The molecule has 0 aliphatic rings. The van der Waals surface area contributed by atoms with Crippen molar-refractivity contribution in [1.29, 1.82) is 0 Å². The van der Waals surface area contributed by atoms with E-state index in [4.69, 9.17) is 5.73 Å². The lowest BCUT2D eigenvalue weighted by Crippen LogP contribution is -2.12. The number of hydrogen-bond donors (Lipinski definition) is 4. The molecule has 0 radical (unpaired) electrons. The minimum absolute atomic E-state index is 0.249. The third-order valence-electron chi connectivity index (χ3n) is 4.28. The van der Waals surface area contributed by atoms with Gasteiger partial charge in [0.05, 0.1) is 22.4 Å². The van der Waals surface area contributed by atoms with Crippen LogP contribution >= 0.6 is 0 Å². The highest BCUT2D eigenvalue weighted by atomic mass is 16.1. The lowest BCUT2D eigenvalue weighted by molar-refractivity contribution is 0.881. The van der Waals surface area contributed by atoms with Gasteiger partial charge in [0.1, 0.15) is 0 Å². The molecule has 0 aliphatic carbocycles. The smallest absolute Gasteiger partial charge is 0.276 e. The number of H-pyrrole nitrogens is 3. The molecule has 9 nitrogen and oxygen atoms in total. The number of nitrogens with two attached hydrogens (primary N) is 1. The standard InChI is InChI=1S/C17H12N8O/c18-13-9-7-8(16-22-24-25-23-16)5-6-10(9)19-14(13)15-17(26)21-12-4-2-1-3-11(12)20-15/h1-7,19H,18H2,(H,21,26)(H,22,23,24,25). The fourth-order valence-electron chi connectivity index (χ4n) is 3.02. The molecule has 9 heteroatoms. The summed E-state index contributed by atoms with van der Waals surface area (Å²) in [6.07, 6.45) is 0. The monoisotopic (exact) mass is 344 g/mol. The molecule has 0 bridgehead atoms. The number of aromatic nitrogens is 7. The normalized spacial score (nSPS) is 11.4. The Labute approximate surface area is 145 Å². The summed E-state index contributed by atoms with van der Waals surface area (Å²) < 4.78 is 0. The number of anilines is 1. The molecule has 5 rings (SSSR count). The van der Waals surface area contributed by atoms with Crippen LogP contribution in [0.5, 0.6) is 0 Å². The van der Waals surface area contributed by atoms with Gasteiger partial charge in [0, 0.05) is 16.5 Å². The van der Waals surface area contributed by atoms with E-state index in [2.05, 4.69) is 35.6 Å². The van der Waals surface area contributed by atoms with Crippen molar-refractivity contribution in [2.75, 3.05) is 5.73 Å². The van der Waals surface area contributed by atoms with Crippen LogP contribution in [0.1, 0.15) is 0 Å². The van der Waals surface area contributed by atoms with E-state index >= 15 is 0 Å². The molecule has 0 aliphatic heterocycles. The Bertz CT molecular complexity index is 1320. The van der Waals surface area contributed by atoms with E-state index in [1.807, 2.05) is 36.4 Å². The van der Waals surface area contributed by atoms with Crippen LogP contribution in [-0.2, 0) is 0 Å². The highest BCUT2D eigenvalue weighted by Gasteiger charge is 2.17. The zero-order chi connectivity index (χ0) is 17.7. The maximum atomic E-state index is 12.5. The summed E-state index contributed by atoms with van der Waals surface area (Å²) in [4.78, 5) is 23.0. The third kappa shape index (κ3) is 2.07. The molecule has 126 valence electrons. The molecular weight excluding hydrogens is 332 g/mol. The number of nitrogen functional groups attached to an aromatic ring is 1. The Balaban J connectivity index is 1.74. The van der Waals surface area contributed by atoms with Crippen LogP contribution in [0.4, 0.5) is 5.69 Å². The van der Waals surface area contributed by atoms with Crippen molar-refractivity contribution in [3.05, 3.63) is 52.8 Å². The van der Waals surface area contributed by atoms with Gasteiger partial charge in [-0.05, 0) is 35.5 Å². The zero-order valence-corrected chi connectivity index (χ0v) is 13.3. The second-order valence-electron chi connectivity index (χ2n) is 5.84. The molecule has 3 heterocycles. The van der Waals surface area contributed by atoms with Gasteiger partial charge in [0.15, 0.2) is 5.69 Å². The summed E-state index contributed by atoms with van der Waals surface area (Å²) in [5.41, 5.74) is 10.1. The van der Waals surface area contributed by atoms with Crippen LogP contribution in [0.3, 0.4) is 0 Å². The Morgan fingerprint density at radius 1 is 1.00 bits per heavy atom. The number of aromatic amines is 3. The van der Waals surface area contributed by atoms with Crippen LogP contribution in [-0.4, -0.2) is 35.6 Å². The van der Waals surface area contributed by atoms with Gasteiger partial charge in [-0.3, -0.25) is 4.79 Å². The van der Waals surface area contributed by atoms with Crippen molar-refractivity contribution in [1.82, 2.24) is 35.6 Å². The van der Waals surface area contributed by atoms with Gasteiger partial charge in [0.25, 0.3) is 5.56 Å². The fourth-order valence-corrected chi connectivity index (χ4v) is 3.02. The predicted octanol–water partition coefficient (Wildman–Crippen LogP) is 1.83. The van der Waals surface area contributed by atoms with Crippen LogP contribution in [0.25, 0.3) is 44.7 Å². The number of benzene rings is 2. The van der Waals surface area contributed by atoms with Crippen molar-refractivity contribution in [2.45, 2.75) is 0 Å². The molecule has 0 fully saturated rings. The van der Waals surface area contributed by atoms with Crippen LogP contribution in [0, 0.1) is 0 Å². The lowest BCUT2D eigenvalue weighted by atomic mass is 10.1. The second-order valence-corrected chi connectivity index (χ2v) is 5.84. The number of rotatable bonds is 2. The zero-order valence-electron chi connectivity index (χ0n) is 13.3. The number of para-hydroxylation sites is 2. The van der Waals surface area contributed by atoms with Gasteiger partial charge < -0.3 is 15.7 Å². The SMILES string of the molecule is Nc1c(-c2nc3ccccc3[nH]c2=O)[nH]c2ccc(-c3nn[nH]n3)cc12. The topological polar surface area (TPSA) is 142 Å². The molecular formula is C17H12N8O. The van der Waals surface area contributed by atoms with E-state index in [1.165, 1.54) is 0 Å². The molecule has 0 amide bonds. The number of nitrogens with zero attached hydrogens (tertiary/aromatic N) is 4. The summed E-state index contributed by atoms with van der Waals surface area (Å²) >= 11 is 0. The summed E-state index contributed by atoms with van der Waals surface area (Å²) in [5.74, 6) is 0.468.